The molecule has 0 aliphatic carbocycles. The number of hydrogen-bond acceptors (Lipinski definition) is 10. The third-order valence-electron chi connectivity index (χ3n) is 10.1. The van der Waals surface area contributed by atoms with Crippen molar-refractivity contribution in [2.45, 2.75) is 55.8 Å². The number of piperazine rings is 1. The minimum absolute atomic E-state index is 0.0266. The van der Waals surface area contributed by atoms with E-state index in [2.05, 4.69) is 26.2 Å². The van der Waals surface area contributed by atoms with Gasteiger partial charge in [0, 0.05) is 55.2 Å². The fraction of sp³-hybridized carbons (Fsp3) is 0.469. The largest absolute Gasteiger partial charge is 0.461 e. The molecule has 2 unspecified atom stereocenters. The summed E-state index contributed by atoms with van der Waals surface area (Å²) in [5.74, 6) is -0.656. The number of nitrogens with two attached hydrogens (primary N) is 1. The lowest BCUT2D eigenvalue weighted by Gasteiger charge is -2.34. The van der Waals surface area contributed by atoms with Gasteiger partial charge in [-0.05, 0) is 56.3 Å². The van der Waals surface area contributed by atoms with Crippen molar-refractivity contribution in [3.63, 3.8) is 0 Å². The van der Waals surface area contributed by atoms with Gasteiger partial charge in [0.15, 0.2) is 5.82 Å². The zero-order chi connectivity index (χ0) is 31.0. The molecule has 4 atom stereocenters. The van der Waals surface area contributed by atoms with Crippen molar-refractivity contribution in [1.29, 1.82) is 5.26 Å². The normalized spacial score (nSPS) is 26.2. The number of nitrogens with one attached hydrogen (secondary N) is 1. The predicted molar refractivity (Wildman–Crippen MR) is 171 cm³/mol. The van der Waals surface area contributed by atoms with Crippen LogP contribution in [-0.2, 0) is 4.74 Å². The topological polar surface area (TPSA) is 113 Å². The van der Waals surface area contributed by atoms with Crippen molar-refractivity contribution in [1.82, 2.24) is 20.2 Å². The average molecular weight is 652 g/mol. The number of nitrogen functional groups attached to an aromatic ring is 1. The predicted octanol–water partition coefficient (Wildman–Crippen LogP) is 5.47. The molecule has 4 aliphatic heterocycles. The third-order valence-corrected chi connectivity index (χ3v) is 11.5. The van der Waals surface area contributed by atoms with Crippen molar-refractivity contribution in [2.24, 2.45) is 0 Å². The Morgan fingerprint density at radius 2 is 2.02 bits per heavy atom. The number of rotatable bonds is 6. The van der Waals surface area contributed by atoms with Gasteiger partial charge in [0.25, 0.3) is 0 Å². The first kappa shape index (κ1) is 29.1. The van der Waals surface area contributed by atoms with Crippen molar-refractivity contribution < 1.29 is 18.3 Å². The van der Waals surface area contributed by atoms with Gasteiger partial charge in [0.05, 0.1) is 26.9 Å². The molecule has 0 amide bonds. The maximum Gasteiger partial charge on any atom is 0.319 e. The summed E-state index contributed by atoms with van der Waals surface area (Å²) >= 11 is 7.82. The van der Waals surface area contributed by atoms with Crippen LogP contribution in [0.1, 0.15) is 37.7 Å². The summed E-state index contributed by atoms with van der Waals surface area (Å²) in [6, 6.07) is 7.14. The number of nitrogens with zero attached hydrogens (tertiary/aromatic N) is 5. The molecule has 4 saturated heterocycles. The number of benzene rings is 2. The van der Waals surface area contributed by atoms with E-state index in [9.17, 15) is 9.65 Å². The maximum absolute atomic E-state index is 16.9. The molecule has 2 aromatic heterocycles. The Kier molecular flexibility index (Phi) is 7.03. The lowest BCUT2D eigenvalue weighted by Crippen LogP contribution is -2.51. The quantitative estimate of drug-likeness (QED) is 0.280. The molecule has 2 aromatic carbocycles. The number of hydrogen-bond donors (Lipinski definition) is 2. The molecular formula is C32H32ClF2N7O2S. The summed E-state index contributed by atoms with van der Waals surface area (Å²) in [5, 5.41) is 14.5. The highest BCUT2D eigenvalue weighted by Gasteiger charge is 2.49. The SMILES string of the molecule is CO[C@@H]1CN2CCC[C@]2(COc2nc(N3CC4CCC(C3)N4)c3cc(Cl)c(-c4ccc(F)c5sc(N)c(C#N)c45)c(F)c3n2)C1. The van der Waals surface area contributed by atoms with E-state index in [-0.39, 0.29) is 60.0 Å². The molecule has 234 valence electrons. The van der Waals surface area contributed by atoms with E-state index >= 15 is 4.39 Å². The lowest BCUT2D eigenvalue weighted by atomic mass is 9.94. The first-order chi connectivity index (χ1) is 21.8. The molecule has 2 bridgehead atoms. The Balaban J connectivity index is 1.28. The van der Waals surface area contributed by atoms with Crippen LogP contribution >= 0.6 is 22.9 Å². The van der Waals surface area contributed by atoms with Gasteiger partial charge in [0.1, 0.15) is 34.8 Å². The summed E-state index contributed by atoms with van der Waals surface area (Å²) in [5.41, 5.74) is 6.36. The van der Waals surface area contributed by atoms with Gasteiger partial charge in [0.2, 0.25) is 0 Å². The summed E-state index contributed by atoms with van der Waals surface area (Å²) in [4.78, 5) is 14.1. The van der Waals surface area contributed by atoms with Gasteiger partial charge in [-0.1, -0.05) is 17.7 Å². The second-order valence-corrected chi connectivity index (χ2v) is 14.2. The third kappa shape index (κ3) is 4.62. The minimum Gasteiger partial charge on any atom is -0.461 e. The van der Waals surface area contributed by atoms with Crippen molar-refractivity contribution in [3.05, 3.63) is 40.4 Å². The molecule has 6 heterocycles. The number of nitriles is 1. The summed E-state index contributed by atoms with van der Waals surface area (Å²) in [7, 11) is 1.74. The van der Waals surface area contributed by atoms with E-state index in [1.54, 1.807) is 13.2 Å². The fourth-order valence-electron chi connectivity index (χ4n) is 8.01. The second-order valence-electron chi connectivity index (χ2n) is 12.7. The molecule has 0 radical (unpaired) electrons. The standard InChI is InChI=1S/C32H32ClF2N7O2S/c1-43-18-10-32(7-2-8-42(32)14-18)15-44-31-39-27-20(30(40-31)41-12-16-3-4-17(13-41)38-16)9-22(33)25(26(27)35)19-5-6-23(34)28-24(19)21(11-36)29(37)45-28/h5-6,9,16-18,38H,2-4,7-8,10,12-15,37H2,1H3/t16?,17?,18-,32+/m0/s1. The summed E-state index contributed by atoms with van der Waals surface area (Å²) in [6.07, 6.45) is 5.18. The first-order valence-electron chi connectivity index (χ1n) is 15.3. The molecule has 8 rings (SSSR count). The van der Waals surface area contributed by atoms with Crippen LogP contribution < -0.4 is 20.7 Å². The maximum atomic E-state index is 16.9. The second kappa shape index (κ2) is 10.9. The monoisotopic (exact) mass is 651 g/mol. The highest BCUT2D eigenvalue weighted by molar-refractivity contribution is 7.23. The smallest absolute Gasteiger partial charge is 0.319 e. The number of ether oxygens (including phenoxy) is 2. The van der Waals surface area contributed by atoms with Crippen molar-refractivity contribution in [3.8, 4) is 23.2 Å². The van der Waals surface area contributed by atoms with Gasteiger partial charge in [-0.3, -0.25) is 4.90 Å². The van der Waals surface area contributed by atoms with Crippen LogP contribution in [0.4, 0.5) is 19.6 Å². The molecule has 9 nitrogen and oxygen atoms in total. The van der Waals surface area contributed by atoms with E-state index in [1.165, 1.54) is 12.1 Å². The van der Waals surface area contributed by atoms with Crippen LogP contribution in [0.2, 0.25) is 5.02 Å². The number of methoxy groups -OCH3 is 1. The average Bonchev–Trinajstić information content (AvgIpc) is 3.77. The molecule has 13 heteroatoms. The number of thiophene rings is 1. The minimum atomic E-state index is -0.688. The van der Waals surface area contributed by atoms with Crippen molar-refractivity contribution in [2.75, 3.05) is 50.5 Å². The van der Waals surface area contributed by atoms with Crippen LogP contribution in [-0.4, -0.2) is 78.5 Å². The van der Waals surface area contributed by atoms with Crippen molar-refractivity contribution >= 4 is 54.7 Å². The van der Waals surface area contributed by atoms with Crippen LogP contribution in [0.15, 0.2) is 18.2 Å². The summed E-state index contributed by atoms with van der Waals surface area (Å²) in [6.45, 7) is 3.64. The van der Waals surface area contributed by atoms with Crippen LogP contribution in [0.3, 0.4) is 0 Å². The zero-order valence-corrected chi connectivity index (χ0v) is 26.3. The fourth-order valence-corrected chi connectivity index (χ4v) is 9.26. The van der Waals surface area contributed by atoms with Gasteiger partial charge in [-0.25, -0.2) is 8.78 Å². The first-order valence-corrected chi connectivity index (χ1v) is 16.5. The summed E-state index contributed by atoms with van der Waals surface area (Å²) < 4.78 is 44.0. The Hall–Kier alpha value is -3.34. The van der Waals surface area contributed by atoms with E-state index in [4.69, 9.17) is 31.8 Å². The molecule has 4 aromatic rings. The molecule has 3 N–H and O–H groups in total. The molecular weight excluding hydrogens is 620 g/mol. The highest BCUT2D eigenvalue weighted by atomic mass is 35.5. The number of aromatic nitrogens is 2. The Bertz CT molecular complexity index is 1890. The molecule has 4 fully saturated rings. The van der Waals surface area contributed by atoms with E-state index in [0.717, 1.165) is 56.5 Å². The van der Waals surface area contributed by atoms with Gasteiger partial charge >= 0.3 is 6.01 Å². The van der Waals surface area contributed by atoms with Crippen LogP contribution in [0.5, 0.6) is 6.01 Å². The molecule has 0 spiro atoms. The van der Waals surface area contributed by atoms with Gasteiger partial charge in [-0.15, -0.1) is 11.3 Å². The Morgan fingerprint density at radius 3 is 2.78 bits per heavy atom. The van der Waals surface area contributed by atoms with E-state index < -0.39 is 11.6 Å². The molecule has 4 aliphatic rings. The van der Waals surface area contributed by atoms with E-state index in [1.807, 2.05) is 0 Å². The van der Waals surface area contributed by atoms with Crippen LogP contribution in [0, 0.1) is 23.0 Å². The van der Waals surface area contributed by atoms with Gasteiger partial charge < -0.3 is 25.4 Å². The molecule has 45 heavy (non-hydrogen) atoms. The number of halogens is 3. The zero-order valence-electron chi connectivity index (χ0n) is 24.7. The number of fused-ring (bicyclic) bond motifs is 5. The lowest BCUT2D eigenvalue weighted by molar-refractivity contribution is 0.0997. The Morgan fingerprint density at radius 1 is 1.22 bits per heavy atom. The van der Waals surface area contributed by atoms with Gasteiger partial charge in [-0.2, -0.15) is 15.2 Å². The van der Waals surface area contributed by atoms with E-state index in [0.29, 0.717) is 43.0 Å². The highest BCUT2D eigenvalue weighted by Crippen LogP contribution is 2.46. The van der Waals surface area contributed by atoms with Crippen LogP contribution in [0.25, 0.3) is 32.1 Å². The number of anilines is 2. The Labute approximate surface area is 267 Å². The molecule has 0 saturated carbocycles.